The maximum Gasteiger partial charge on any atom is 0.320 e. The Morgan fingerprint density at radius 3 is 2.43 bits per heavy atom. The minimum atomic E-state index is 0.145. The maximum atomic E-state index is 12.5. The Morgan fingerprint density at radius 2 is 1.86 bits per heavy atom. The molecule has 1 aliphatic heterocycles. The van der Waals surface area contributed by atoms with Crippen LogP contribution in [0.1, 0.15) is 25.5 Å². The number of halogens is 1. The van der Waals surface area contributed by atoms with Gasteiger partial charge in [-0.25, -0.2) is 4.79 Å². The van der Waals surface area contributed by atoms with Crippen molar-refractivity contribution in [2.24, 2.45) is 0 Å². The van der Waals surface area contributed by atoms with E-state index in [1.54, 1.807) is 0 Å². The molecule has 2 amide bonds. The molecule has 0 bridgehead atoms. The van der Waals surface area contributed by atoms with Crippen molar-refractivity contribution in [1.29, 1.82) is 0 Å². The third-order valence-corrected chi connectivity index (χ3v) is 4.46. The number of carbonyl (C=O) groups is 1. The third-order valence-electron chi connectivity index (χ3n) is 4.21. The molecular formula is C16H24ClN3O. The van der Waals surface area contributed by atoms with Gasteiger partial charge in [-0.05, 0) is 38.6 Å². The van der Waals surface area contributed by atoms with Crippen LogP contribution in [0.4, 0.5) is 4.79 Å². The normalized spacial score (nSPS) is 19.6. The monoisotopic (exact) mass is 309 g/mol. The lowest BCUT2D eigenvalue weighted by atomic mass is 10.0. The Balaban J connectivity index is 2.12. The zero-order valence-corrected chi connectivity index (χ0v) is 13.8. The first-order chi connectivity index (χ1) is 10.1. The van der Waals surface area contributed by atoms with E-state index >= 15 is 0 Å². The highest BCUT2D eigenvalue weighted by Gasteiger charge is 2.29. The molecule has 5 heteroatoms. The molecule has 1 saturated heterocycles. The zero-order valence-electron chi connectivity index (χ0n) is 13.1. The standard InChI is InChI=1S/C16H24ClN3O/c1-4-19(5-2)16(21)20-11-10-18(3)15(12-20)13-6-8-14(17)9-7-13/h6-9,15H,4-5,10-12H2,1-3H3. The van der Waals surface area contributed by atoms with Crippen LogP contribution in [0.3, 0.4) is 0 Å². The highest BCUT2D eigenvalue weighted by atomic mass is 35.5. The van der Waals surface area contributed by atoms with E-state index in [2.05, 4.69) is 24.1 Å². The van der Waals surface area contributed by atoms with Crippen molar-refractivity contribution in [3.63, 3.8) is 0 Å². The molecule has 1 fully saturated rings. The van der Waals surface area contributed by atoms with Crippen LogP contribution in [-0.4, -0.2) is 60.5 Å². The van der Waals surface area contributed by atoms with Crippen LogP contribution in [-0.2, 0) is 0 Å². The molecule has 0 radical (unpaired) electrons. The predicted octanol–water partition coefficient (Wildman–Crippen LogP) is 3.09. The van der Waals surface area contributed by atoms with Gasteiger partial charge in [0.25, 0.3) is 0 Å². The van der Waals surface area contributed by atoms with Gasteiger partial charge in [0.1, 0.15) is 0 Å². The highest BCUT2D eigenvalue weighted by molar-refractivity contribution is 6.30. The molecule has 0 N–H and O–H groups in total. The molecule has 2 rings (SSSR count). The summed E-state index contributed by atoms with van der Waals surface area (Å²) in [4.78, 5) is 18.7. The summed E-state index contributed by atoms with van der Waals surface area (Å²) in [5.74, 6) is 0. The number of urea groups is 1. The van der Waals surface area contributed by atoms with Gasteiger partial charge in [-0.3, -0.25) is 4.90 Å². The summed E-state index contributed by atoms with van der Waals surface area (Å²) in [5, 5.41) is 0.744. The zero-order chi connectivity index (χ0) is 15.4. The minimum absolute atomic E-state index is 0.145. The Labute approximate surface area is 132 Å². The van der Waals surface area contributed by atoms with Gasteiger partial charge in [0.2, 0.25) is 0 Å². The summed E-state index contributed by atoms with van der Waals surface area (Å²) < 4.78 is 0. The van der Waals surface area contributed by atoms with Gasteiger partial charge in [0, 0.05) is 37.7 Å². The molecule has 116 valence electrons. The molecule has 1 unspecified atom stereocenters. The second-order valence-corrected chi connectivity index (χ2v) is 5.89. The van der Waals surface area contributed by atoms with E-state index in [0.29, 0.717) is 0 Å². The fraction of sp³-hybridized carbons (Fsp3) is 0.562. The first kappa shape index (κ1) is 16.1. The summed E-state index contributed by atoms with van der Waals surface area (Å²) in [6.45, 7) is 7.96. The quantitative estimate of drug-likeness (QED) is 0.858. The predicted molar refractivity (Wildman–Crippen MR) is 86.7 cm³/mol. The molecule has 0 spiro atoms. The SMILES string of the molecule is CCN(CC)C(=O)N1CCN(C)C(c2ccc(Cl)cc2)C1. The fourth-order valence-electron chi connectivity index (χ4n) is 2.79. The van der Waals surface area contributed by atoms with E-state index in [1.165, 1.54) is 5.56 Å². The number of rotatable bonds is 3. The van der Waals surface area contributed by atoms with Crippen LogP contribution in [0.2, 0.25) is 5.02 Å². The number of carbonyl (C=O) groups excluding carboxylic acids is 1. The summed E-state index contributed by atoms with van der Waals surface area (Å²) >= 11 is 5.96. The topological polar surface area (TPSA) is 26.8 Å². The Hall–Kier alpha value is -1.26. The van der Waals surface area contributed by atoms with Crippen LogP contribution in [0.15, 0.2) is 24.3 Å². The lowest BCUT2D eigenvalue weighted by molar-refractivity contribution is 0.0914. The van der Waals surface area contributed by atoms with Gasteiger partial charge in [0.15, 0.2) is 0 Å². The first-order valence-electron chi connectivity index (χ1n) is 7.56. The fourth-order valence-corrected chi connectivity index (χ4v) is 2.91. The molecule has 1 atom stereocenters. The molecule has 1 heterocycles. The number of nitrogens with zero attached hydrogens (tertiary/aromatic N) is 3. The summed E-state index contributed by atoms with van der Waals surface area (Å²) in [6.07, 6.45) is 0. The van der Waals surface area contributed by atoms with Crippen molar-refractivity contribution in [3.05, 3.63) is 34.9 Å². The molecule has 4 nitrogen and oxygen atoms in total. The lowest BCUT2D eigenvalue weighted by Crippen LogP contribution is -2.53. The first-order valence-corrected chi connectivity index (χ1v) is 7.94. The van der Waals surface area contributed by atoms with E-state index in [4.69, 9.17) is 11.6 Å². The van der Waals surface area contributed by atoms with Crippen molar-refractivity contribution >= 4 is 17.6 Å². The smallest absolute Gasteiger partial charge is 0.320 e. The number of hydrogen-bond acceptors (Lipinski definition) is 2. The van der Waals surface area contributed by atoms with E-state index in [-0.39, 0.29) is 12.1 Å². The number of benzene rings is 1. The summed E-state index contributed by atoms with van der Waals surface area (Å²) in [6, 6.07) is 8.30. The molecule has 0 aliphatic carbocycles. The van der Waals surface area contributed by atoms with E-state index in [0.717, 1.165) is 37.7 Å². The summed E-state index contributed by atoms with van der Waals surface area (Å²) in [7, 11) is 2.11. The number of piperazine rings is 1. The van der Waals surface area contributed by atoms with Crippen LogP contribution in [0.5, 0.6) is 0 Å². The number of hydrogen-bond donors (Lipinski definition) is 0. The van der Waals surface area contributed by atoms with Crippen molar-refractivity contribution in [2.45, 2.75) is 19.9 Å². The van der Waals surface area contributed by atoms with Crippen LogP contribution in [0, 0.1) is 0 Å². The van der Waals surface area contributed by atoms with E-state index < -0.39 is 0 Å². The van der Waals surface area contributed by atoms with E-state index in [9.17, 15) is 4.79 Å². The number of amides is 2. The largest absolute Gasteiger partial charge is 0.325 e. The molecule has 1 aliphatic rings. The average molecular weight is 310 g/mol. The van der Waals surface area contributed by atoms with E-state index in [1.807, 2.05) is 35.8 Å². The van der Waals surface area contributed by atoms with Gasteiger partial charge < -0.3 is 9.80 Å². The molecule has 0 aromatic heterocycles. The van der Waals surface area contributed by atoms with Gasteiger partial charge >= 0.3 is 6.03 Å². The van der Waals surface area contributed by atoms with Crippen LogP contribution < -0.4 is 0 Å². The summed E-state index contributed by atoms with van der Waals surface area (Å²) in [5.41, 5.74) is 1.21. The van der Waals surface area contributed by atoms with Crippen molar-refractivity contribution < 1.29 is 4.79 Å². The molecule has 1 aromatic rings. The van der Waals surface area contributed by atoms with Gasteiger partial charge in [-0.15, -0.1) is 0 Å². The third kappa shape index (κ3) is 3.69. The van der Waals surface area contributed by atoms with Gasteiger partial charge in [-0.1, -0.05) is 23.7 Å². The van der Waals surface area contributed by atoms with Crippen LogP contribution >= 0.6 is 11.6 Å². The highest BCUT2D eigenvalue weighted by Crippen LogP contribution is 2.25. The Morgan fingerprint density at radius 1 is 1.24 bits per heavy atom. The average Bonchev–Trinajstić information content (AvgIpc) is 2.50. The minimum Gasteiger partial charge on any atom is -0.325 e. The van der Waals surface area contributed by atoms with Crippen molar-refractivity contribution in [3.8, 4) is 0 Å². The molecule has 0 saturated carbocycles. The lowest BCUT2D eigenvalue weighted by Gasteiger charge is -2.41. The molecule has 21 heavy (non-hydrogen) atoms. The Bertz CT molecular complexity index is 473. The van der Waals surface area contributed by atoms with Gasteiger partial charge in [0.05, 0.1) is 6.04 Å². The van der Waals surface area contributed by atoms with Crippen molar-refractivity contribution in [2.75, 3.05) is 39.8 Å². The second kappa shape index (κ2) is 7.14. The Kier molecular flexibility index (Phi) is 5.48. The number of likely N-dealkylation sites (N-methyl/N-ethyl adjacent to an activating group) is 1. The van der Waals surface area contributed by atoms with Crippen LogP contribution in [0.25, 0.3) is 0 Å². The van der Waals surface area contributed by atoms with Crippen molar-refractivity contribution in [1.82, 2.24) is 14.7 Å². The maximum absolute atomic E-state index is 12.5. The molecule has 1 aromatic carbocycles. The van der Waals surface area contributed by atoms with Gasteiger partial charge in [-0.2, -0.15) is 0 Å². The second-order valence-electron chi connectivity index (χ2n) is 5.45. The molecular weight excluding hydrogens is 286 g/mol.